The summed E-state index contributed by atoms with van der Waals surface area (Å²) in [6.45, 7) is 6.35. The van der Waals surface area contributed by atoms with E-state index in [-0.39, 0.29) is 11.9 Å². The first-order valence-corrected chi connectivity index (χ1v) is 5.54. The molecular formula is C11H21NO2. The predicted molar refractivity (Wildman–Crippen MR) is 56.1 cm³/mol. The third kappa shape index (κ3) is 2.47. The number of hydrogen-bond acceptors (Lipinski definition) is 3. The van der Waals surface area contributed by atoms with E-state index < -0.39 is 0 Å². The van der Waals surface area contributed by atoms with Crippen LogP contribution < -0.4 is 0 Å². The van der Waals surface area contributed by atoms with Gasteiger partial charge in [0.1, 0.15) is 0 Å². The summed E-state index contributed by atoms with van der Waals surface area (Å²) in [5.74, 6) is 0.0686. The van der Waals surface area contributed by atoms with Gasteiger partial charge in [0.05, 0.1) is 13.0 Å². The number of carbonyl (C=O) groups excluding carboxylic acids is 1. The van der Waals surface area contributed by atoms with Crippen molar-refractivity contribution in [2.24, 2.45) is 5.92 Å². The fraction of sp³-hybridized carbons (Fsp3) is 0.909. The zero-order chi connectivity index (χ0) is 10.6. The minimum Gasteiger partial charge on any atom is -0.469 e. The van der Waals surface area contributed by atoms with Crippen molar-refractivity contribution >= 4 is 5.97 Å². The highest BCUT2D eigenvalue weighted by Crippen LogP contribution is 2.22. The number of hydrogen-bond donors (Lipinski definition) is 0. The third-order valence-electron chi connectivity index (χ3n) is 3.21. The smallest absolute Gasteiger partial charge is 0.310 e. The van der Waals surface area contributed by atoms with E-state index in [1.54, 1.807) is 0 Å². The average molecular weight is 199 g/mol. The number of likely N-dealkylation sites (tertiary alicyclic amines) is 1. The maximum atomic E-state index is 11.3. The average Bonchev–Trinajstić information content (AvgIpc) is 2.68. The van der Waals surface area contributed by atoms with Crippen molar-refractivity contribution in [2.45, 2.75) is 39.2 Å². The van der Waals surface area contributed by atoms with Gasteiger partial charge in [-0.15, -0.1) is 0 Å². The molecule has 0 radical (unpaired) electrons. The van der Waals surface area contributed by atoms with Gasteiger partial charge in [0.15, 0.2) is 0 Å². The van der Waals surface area contributed by atoms with Gasteiger partial charge >= 0.3 is 5.97 Å². The Balaban J connectivity index is 2.43. The van der Waals surface area contributed by atoms with Crippen LogP contribution in [-0.2, 0) is 9.53 Å². The van der Waals surface area contributed by atoms with Crippen molar-refractivity contribution in [3.8, 4) is 0 Å². The Hall–Kier alpha value is -0.570. The second-order valence-corrected chi connectivity index (χ2v) is 3.97. The van der Waals surface area contributed by atoms with Crippen LogP contribution in [0.5, 0.6) is 0 Å². The molecule has 0 spiro atoms. The summed E-state index contributed by atoms with van der Waals surface area (Å²) < 4.78 is 4.76. The monoisotopic (exact) mass is 199 g/mol. The molecule has 1 aliphatic rings. The Bertz CT molecular complexity index is 190. The lowest BCUT2D eigenvalue weighted by molar-refractivity contribution is -0.145. The first kappa shape index (κ1) is 11.5. The van der Waals surface area contributed by atoms with Crippen LogP contribution in [0.2, 0.25) is 0 Å². The molecule has 82 valence electrons. The van der Waals surface area contributed by atoms with Gasteiger partial charge in [0.25, 0.3) is 0 Å². The van der Waals surface area contributed by atoms with Crippen molar-refractivity contribution in [1.82, 2.24) is 4.90 Å². The van der Waals surface area contributed by atoms with Crippen LogP contribution in [0.4, 0.5) is 0 Å². The predicted octanol–water partition coefficient (Wildman–Crippen LogP) is 1.67. The second kappa shape index (κ2) is 5.35. The molecule has 14 heavy (non-hydrogen) atoms. The van der Waals surface area contributed by atoms with Crippen LogP contribution in [0.3, 0.4) is 0 Å². The molecule has 1 rings (SSSR count). The van der Waals surface area contributed by atoms with Gasteiger partial charge in [-0.3, -0.25) is 9.69 Å². The summed E-state index contributed by atoms with van der Waals surface area (Å²) in [5, 5.41) is 0. The fourth-order valence-corrected chi connectivity index (χ4v) is 2.28. The highest BCUT2D eigenvalue weighted by molar-refractivity contribution is 5.72. The van der Waals surface area contributed by atoms with E-state index in [1.165, 1.54) is 20.0 Å². The summed E-state index contributed by atoms with van der Waals surface area (Å²) in [4.78, 5) is 13.7. The van der Waals surface area contributed by atoms with Gasteiger partial charge in [-0.1, -0.05) is 13.8 Å². The van der Waals surface area contributed by atoms with Crippen LogP contribution in [0.1, 0.15) is 33.1 Å². The van der Waals surface area contributed by atoms with Crippen molar-refractivity contribution in [3.05, 3.63) is 0 Å². The molecule has 0 bridgehead atoms. The molecule has 3 nitrogen and oxygen atoms in total. The number of rotatable bonds is 4. The molecule has 3 heteroatoms. The molecule has 1 aliphatic heterocycles. The van der Waals surface area contributed by atoms with Gasteiger partial charge in [-0.05, 0) is 25.8 Å². The third-order valence-corrected chi connectivity index (χ3v) is 3.21. The highest BCUT2D eigenvalue weighted by Gasteiger charge is 2.31. The SMILES string of the molecule is CCC(CC)N1CCC(C(=O)OC)C1. The molecule has 0 N–H and O–H groups in total. The van der Waals surface area contributed by atoms with Gasteiger partial charge in [-0.25, -0.2) is 0 Å². The van der Waals surface area contributed by atoms with E-state index in [4.69, 9.17) is 4.74 Å². The van der Waals surface area contributed by atoms with Crippen LogP contribution in [-0.4, -0.2) is 37.1 Å². The van der Waals surface area contributed by atoms with Gasteiger partial charge < -0.3 is 4.74 Å². The van der Waals surface area contributed by atoms with E-state index in [1.807, 2.05) is 0 Å². The minimum atomic E-state index is -0.0431. The molecule has 0 aromatic heterocycles. The molecule has 0 amide bonds. The number of nitrogens with zero attached hydrogens (tertiary/aromatic N) is 1. The largest absolute Gasteiger partial charge is 0.469 e. The normalized spacial score (nSPS) is 23.0. The van der Waals surface area contributed by atoms with Gasteiger partial charge in [0, 0.05) is 12.6 Å². The number of carbonyl (C=O) groups is 1. The second-order valence-electron chi connectivity index (χ2n) is 3.97. The van der Waals surface area contributed by atoms with Gasteiger partial charge in [0.2, 0.25) is 0 Å². The van der Waals surface area contributed by atoms with E-state index in [2.05, 4.69) is 18.7 Å². The topological polar surface area (TPSA) is 29.5 Å². The summed E-state index contributed by atoms with van der Waals surface area (Å²) in [5.41, 5.74) is 0. The Morgan fingerprint density at radius 2 is 2.14 bits per heavy atom. The van der Waals surface area contributed by atoms with E-state index in [9.17, 15) is 4.79 Å². The lowest BCUT2D eigenvalue weighted by Crippen LogP contribution is -2.33. The number of ether oxygens (including phenoxy) is 1. The van der Waals surface area contributed by atoms with Crippen LogP contribution in [0.15, 0.2) is 0 Å². The Morgan fingerprint density at radius 3 is 2.64 bits per heavy atom. The van der Waals surface area contributed by atoms with Crippen LogP contribution in [0, 0.1) is 5.92 Å². The van der Waals surface area contributed by atoms with Crippen LogP contribution in [0.25, 0.3) is 0 Å². The Kier molecular flexibility index (Phi) is 4.39. The summed E-state index contributed by atoms with van der Waals surface area (Å²) >= 11 is 0. The minimum absolute atomic E-state index is 0.0431. The molecule has 0 aromatic rings. The first-order valence-electron chi connectivity index (χ1n) is 5.54. The van der Waals surface area contributed by atoms with E-state index >= 15 is 0 Å². The molecule has 1 heterocycles. The lowest BCUT2D eigenvalue weighted by atomic mass is 10.1. The molecule has 1 saturated heterocycles. The molecule has 0 aromatic carbocycles. The Morgan fingerprint density at radius 1 is 1.50 bits per heavy atom. The van der Waals surface area contributed by atoms with E-state index in [0.29, 0.717) is 6.04 Å². The number of methoxy groups -OCH3 is 1. The fourth-order valence-electron chi connectivity index (χ4n) is 2.28. The quantitative estimate of drug-likeness (QED) is 0.645. The van der Waals surface area contributed by atoms with Gasteiger partial charge in [-0.2, -0.15) is 0 Å². The maximum Gasteiger partial charge on any atom is 0.310 e. The van der Waals surface area contributed by atoms with Crippen molar-refractivity contribution < 1.29 is 9.53 Å². The number of esters is 1. The van der Waals surface area contributed by atoms with Crippen LogP contribution >= 0.6 is 0 Å². The van der Waals surface area contributed by atoms with Crippen molar-refractivity contribution in [3.63, 3.8) is 0 Å². The molecular weight excluding hydrogens is 178 g/mol. The maximum absolute atomic E-state index is 11.3. The lowest BCUT2D eigenvalue weighted by Gasteiger charge is -2.25. The summed E-state index contributed by atoms with van der Waals surface area (Å²) in [6, 6.07) is 0.643. The molecule has 0 aliphatic carbocycles. The van der Waals surface area contributed by atoms with Crippen molar-refractivity contribution in [2.75, 3.05) is 20.2 Å². The summed E-state index contributed by atoms with van der Waals surface area (Å²) in [6.07, 6.45) is 3.30. The standard InChI is InChI=1S/C11H21NO2/c1-4-10(5-2)12-7-6-9(8-12)11(13)14-3/h9-10H,4-8H2,1-3H3. The highest BCUT2D eigenvalue weighted by atomic mass is 16.5. The zero-order valence-electron chi connectivity index (χ0n) is 9.45. The first-order chi connectivity index (χ1) is 6.72. The zero-order valence-corrected chi connectivity index (χ0v) is 9.45. The summed E-state index contributed by atoms with van der Waals surface area (Å²) in [7, 11) is 1.47. The molecule has 1 fully saturated rings. The molecule has 0 saturated carbocycles. The Labute approximate surface area is 86.4 Å². The van der Waals surface area contributed by atoms with E-state index in [0.717, 1.165) is 19.5 Å². The molecule has 1 atom stereocenters. The van der Waals surface area contributed by atoms with Crippen molar-refractivity contribution in [1.29, 1.82) is 0 Å². The molecule has 1 unspecified atom stereocenters.